The molecule has 0 saturated carbocycles. The van der Waals surface area contributed by atoms with Crippen molar-refractivity contribution in [1.82, 2.24) is 15.3 Å². The molecule has 0 aliphatic carbocycles. The van der Waals surface area contributed by atoms with Crippen molar-refractivity contribution in [3.05, 3.63) is 71.3 Å². The van der Waals surface area contributed by atoms with E-state index in [-0.39, 0.29) is 24.8 Å². The molecule has 0 spiro atoms. The van der Waals surface area contributed by atoms with Crippen LogP contribution in [0.4, 0.5) is 0 Å². The van der Waals surface area contributed by atoms with Crippen LogP contribution in [-0.2, 0) is 16.0 Å². The Hall–Kier alpha value is -3.52. The van der Waals surface area contributed by atoms with Gasteiger partial charge in [0.25, 0.3) is 11.8 Å². The molecule has 0 unspecified atom stereocenters. The molecule has 2 heterocycles. The molecule has 8 nitrogen and oxygen atoms in total. The number of hydroxylamine groups is 1. The first kappa shape index (κ1) is 25.6. The number of fused-ring (bicyclic) bond motifs is 1. The number of nitrogens with zero attached hydrogens (tertiary/aromatic N) is 2. The van der Waals surface area contributed by atoms with E-state index >= 15 is 0 Å². The molecule has 1 saturated heterocycles. The summed E-state index contributed by atoms with van der Waals surface area (Å²) in [5.74, 6) is -2.34. The molecule has 4 amide bonds. The van der Waals surface area contributed by atoms with Crippen LogP contribution in [-0.4, -0.2) is 58.3 Å². The SMILES string of the molecule is CC(C)C[C@]1([C@H](CCN2C(=O)c3ccccc3C2=O)C(=O)NO)CCN(CCc2ccccc2)C1=O. The van der Waals surface area contributed by atoms with Gasteiger partial charge in [-0.25, -0.2) is 5.48 Å². The molecule has 0 radical (unpaired) electrons. The van der Waals surface area contributed by atoms with Crippen LogP contribution in [0, 0.1) is 17.3 Å². The van der Waals surface area contributed by atoms with Crippen LogP contribution >= 0.6 is 0 Å². The van der Waals surface area contributed by atoms with Gasteiger partial charge in [-0.1, -0.05) is 56.3 Å². The molecular formula is C28H33N3O5. The summed E-state index contributed by atoms with van der Waals surface area (Å²) in [7, 11) is 0. The van der Waals surface area contributed by atoms with Crippen LogP contribution in [0.15, 0.2) is 54.6 Å². The lowest BCUT2D eigenvalue weighted by atomic mass is 9.67. The molecule has 4 rings (SSSR count). The number of benzene rings is 2. The van der Waals surface area contributed by atoms with Crippen LogP contribution < -0.4 is 5.48 Å². The number of amides is 4. The van der Waals surface area contributed by atoms with Crippen molar-refractivity contribution in [1.29, 1.82) is 0 Å². The zero-order valence-corrected chi connectivity index (χ0v) is 20.8. The summed E-state index contributed by atoms with van der Waals surface area (Å²) in [4.78, 5) is 55.5. The van der Waals surface area contributed by atoms with Crippen LogP contribution in [0.3, 0.4) is 0 Å². The summed E-state index contributed by atoms with van der Waals surface area (Å²) < 4.78 is 0. The number of carbonyl (C=O) groups is 4. The molecule has 1 fully saturated rings. The van der Waals surface area contributed by atoms with E-state index in [4.69, 9.17) is 0 Å². The lowest BCUT2D eigenvalue weighted by Crippen LogP contribution is -2.48. The number of hydrogen-bond donors (Lipinski definition) is 2. The third-order valence-corrected chi connectivity index (χ3v) is 7.44. The highest BCUT2D eigenvalue weighted by Crippen LogP contribution is 2.46. The number of nitrogens with one attached hydrogen (secondary N) is 1. The van der Waals surface area contributed by atoms with Crippen LogP contribution in [0.5, 0.6) is 0 Å². The quantitative estimate of drug-likeness (QED) is 0.301. The molecule has 36 heavy (non-hydrogen) atoms. The van der Waals surface area contributed by atoms with E-state index in [2.05, 4.69) is 0 Å². The highest BCUT2D eigenvalue weighted by atomic mass is 16.5. The zero-order chi connectivity index (χ0) is 25.9. The molecule has 8 heteroatoms. The fourth-order valence-corrected chi connectivity index (χ4v) is 5.80. The van der Waals surface area contributed by atoms with Gasteiger partial charge < -0.3 is 4.90 Å². The highest BCUT2D eigenvalue weighted by molar-refractivity contribution is 6.21. The Morgan fingerprint density at radius 1 is 0.972 bits per heavy atom. The average Bonchev–Trinajstić information content (AvgIpc) is 3.32. The fourth-order valence-electron chi connectivity index (χ4n) is 5.80. The van der Waals surface area contributed by atoms with Gasteiger partial charge in [0.15, 0.2) is 0 Å². The largest absolute Gasteiger partial charge is 0.342 e. The van der Waals surface area contributed by atoms with Gasteiger partial charge in [0.2, 0.25) is 11.8 Å². The van der Waals surface area contributed by atoms with Crippen molar-refractivity contribution >= 4 is 23.6 Å². The molecule has 2 aliphatic heterocycles. The molecule has 2 atom stereocenters. The number of hydrogen-bond acceptors (Lipinski definition) is 5. The van der Waals surface area contributed by atoms with Crippen LogP contribution in [0.25, 0.3) is 0 Å². The van der Waals surface area contributed by atoms with Crippen molar-refractivity contribution in [3.63, 3.8) is 0 Å². The maximum absolute atomic E-state index is 13.9. The Balaban J connectivity index is 1.55. The normalized spacial score (nSPS) is 20.3. The van der Waals surface area contributed by atoms with E-state index < -0.39 is 29.1 Å². The summed E-state index contributed by atoms with van der Waals surface area (Å²) in [5, 5.41) is 9.58. The number of carbonyl (C=O) groups excluding carboxylic acids is 4. The minimum atomic E-state index is -1.02. The molecule has 0 bridgehead atoms. The third kappa shape index (κ3) is 4.78. The minimum absolute atomic E-state index is 0.0123. The molecule has 2 aromatic carbocycles. The summed E-state index contributed by atoms with van der Waals surface area (Å²) >= 11 is 0. The van der Waals surface area contributed by atoms with E-state index in [1.807, 2.05) is 44.2 Å². The second-order valence-corrected chi connectivity index (χ2v) is 10.2. The van der Waals surface area contributed by atoms with Gasteiger partial charge in [0, 0.05) is 19.6 Å². The molecule has 2 N–H and O–H groups in total. The molecular weight excluding hydrogens is 458 g/mol. The first-order chi connectivity index (χ1) is 17.3. The van der Waals surface area contributed by atoms with E-state index in [0.717, 1.165) is 10.5 Å². The van der Waals surface area contributed by atoms with Crippen molar-refractivity contribution < 1.29 is 24.4 Å². The summed E-state index contributed by atoms with van der Waals surface area (Å²) in [6.07, 6.45) is 1.73. The summed E-state index contributed by atoms with van der Waals surface area (Å²) in [6.45, 7) is 5.04. The van der Waals surface area contributed by atoms with E-state index in [1.165, 1.54) is 0 Å². The van der Waals surface area contributed by atoms with Gasteiger partial charge in [-0.3, -0.25) is 29.3 Å². The minimum Gasteiger partial charge on any atom is -0.342 e. The molecule has 0 aromatic heterocycles. The van der Waals surface area contributed by atoms with E-state index in [1.54, 1.807) is 34.6 Å². The summed E-state index contributed by atoms with van der Waals surface area (Å²) in [6, 6.07) is 16.5. The van der Waals surface area contributed by atoms with Gasteiger partial charge in [0.05, 0.1) is 22.5 Å². The Morgan fingerprint density at radius 3 is 2.17 bits per heavy atom. The Labute approximate surface area is 211 Å². The smallest absolute Gasteiger partial charge is 0.261 e. The second-order valence-electron chi connectivity index (χ2n) is 10.2. The number of rotatable bonds is 10. The maximum Gasteiger partial charge on any atom is 0.261 e. The van der Waals surface area contributed by atoms with Gasteiger partial charge in [-0.2, -0.15) is 0 Å². The maximum atomic E-state index is 13.9. The zero-order valence-electron chi connectivity index (χ0n) is 20.8. The Bertz CT molecular complexity index is 1110. The second kappa shape index (κ2) is 10.6. The lowest BCUT2D eigenvalue weighted by Gasteiger charge is -2.36. The lowest BCUT2D eigenvalue weighted by molar-refractivity contribution is -0.150. The van der Waals surface area contributed by atoms with Crippen LogP contribution in [0.2, 0.25) is 0 Å². The molecule has 190 valence electrons. The topological polar surface area (TPSA) is 107 Å². The van der Waals surface area contributed by atoms with E-state index in [9.17, 15) is 24.4 Å². The Kier molecular flexibility index (Phi) is 7.54. The fraction of sp³-hybridized carbons (Fsp3) is 0.429. The Morgan fingerprint density at radius 2 is 1.58 bits per heavy atom. The first-order valence-electron chi connectivity index (χ1n) is 12.5. The van der Waals surface area contributed by atoms with E-state index in [0.29, 0.717) is 43.5 Å². The molecule has 2 aromatic rings. The molecule has 2 aliphatic rings. The van der Waals surface area contributed by atoms with Crippen LogP contribution in [0.1, 0.15) is 59.4 Å². The summed E-state index contributed by atoms with van der Waals surface area (Å²) in [5.41, 5.74) is 2.54. The van der Waals surface area contributed by atoms with Gasteiger partial charge in [-0.05, 0) is 49.3 Å². The number of likely N-dealkylation sites (tertiary alicyclic amines) is 1. The first-order valence-corrected chi connectivity index (χ1v) is 12.5. The van der Waals surface area contributed by atoms with Gasteiger partial charge in [-0.15, -0.1) is 0 Å². The highest BCUT2D eigenvalue weighted by Gasteiger charge is 2.54. The predicted octanol–water partition coefficient (Wildman–Crippen LogP) is 3.30. The van der Waals surface area contributed by atoms with Crippen molar-refractivity contribution in [2.24, 2.45) is 17.3 Å². The van der Waals surface area contributed by atoms with Gasteiger partial charge >= 0.3 is 0 Å². The average molecular weight is 492 g/mol. The van der Waals surface area contributed by atoms with Gasteiger partial charge in [0.1, 0.15) is 0 Å². The number of imide groups is 1. The predicted molar refractivity (Wildman–Crippen MR) is 133 cm³/mol. The van der Waals surface area contributed by atoms with Crippen molar-refractivity contribution in [3.8, 4) is 0 Å². The standard InChI is InChI=1S/C28H33N3O5/c1-19(2)18-28(14-17-30(27(28)35)15-12-20-8-4-3-5-9-20)23(24(32)29-36)13-16-31-25(33)21-10-6-7-11-22(21)26(31)34/h3-11,19,23,36H,12-18H2,1-2H3,(H,29,32)/t23-,28+/m1/s1. The van der Waals surface area contributed by atoms with Crippen molar-refractivity contribution in [2.75, 3.05) is 19.6 Å². The monoisotopic (exact) mass is 491 g/mol. The van der Waals surface area contributed by atoms with Crippen molar-refractivity contribution in [2.45, 2.75) is 39.5 Å². The third-order valence-electron chi connectivity index (χ3n) is 7.44.